The number of pyridine rings is 1. The highest BCUT2D eigenvalue weighted by atomic mass is 16.5. The molecule has 0 unspecified atom stereocenters. The summed E-state index contributed by atoms with van der Waals surface area (Å²) in [7, 11) is 0. The fourth-order valence-corrected chi connectivity index (χ4v) is 2.51. The van der Waals surface area contributed by atoms with Crippen LogP contribution in [0.15, 0.2) is 73.1 Å². The second kappa shape index (κ2) is 6.45. The van der Waals surface area contributed by atoms with Crippen LogP contribution in [0.1, 0.15) is 0 Å². The minimum Gasteiger partial charge on any atom is -0.438 e. The molecule has 0 amide bonds. The third-order valence-electron chi connectivity index (χ3n) is 3.67. The van der Waals surface area contributed by atoms with Gasteiger partial charge < -0.3 is 15.8 Å². The first-order chi connectivity index (χ1) is 12.3. The van der Waals surface area contributed by atoms with Gasteiger partial charge in [-0.25, -0.2) is 9.97 Å². The maximum absolute atomic E-state index is 6.03. The third kappa shape index (κ3) is 3.18. The molecule has 4 aromatic rings. The molecule has 0 saturated carbocycles. The highest BCUT2D eigenvalue weighted by Crippen LogP contribution is 2.32. The van der Waals surface area contributed by atoms with Gasteiger partial charge in [-0.3, -0.25) is 0 Å². The Morgan fingerprint density at radius 3 is 2.48 bits per heavy atom. The largest absolute Gasteiger partial charge is 0.438 e. The zero-order valence-corrected chi connectivity index (χ0v) is 13.3. The molecule has 2 aromatic carbocycles. The van der Waals surface area contributed by atoms with Gasteiger partial charge in [0.2, 0.25) is 11.8 Å². The van der Waals surface area contributed by atoms with Crippen LogP contribution in [0, 0.1) is 0 Å². The molecule has 6 heteroatoms. The van der Waals surface area contributed by atoms with E-state index in [4.69, 9.17) is 10.5 Å². The minimum absolute atomic E-state index is 0.413. The Kier molecular flexibility index (Phi) is 3.84. The molecular formula is C19H15N5O. The summed E-state index contributed by atoms with van der Waals surface area (Å²) >= 11 is 0. The van der Waals surface area contributed by atoms with Gasteiger partial charge in [-0.15, -0.1) is 0 Å². The predicted octanol–water partition coefficient (Wildman–Crippen LogP) is 4.14. The molecule has 0 atom stereocenters. The molecule has 0 aliphatic heterocycles. The lowest BCUT2D eigenvalue weighted by atomic mass is 10.1. The number of anilines is 3. The van der Waals surface area contributed by atoms with E-state index in [9.17, 15) is 0 Å². The Balaban J connectivity index is 1.64. The van der Waals surface area contributed by atoms with Gasteiger partial charge in [-0.1, -0.05) is 30.3 Å². The van der Waals surface area contributed by atoms with Crippen molar-refractivity contribution in [1.29, 1.82) is 0 Å². The van der Waals surface area contributed by atoms with E-state index in [1.165, 1.54) is 0 Å². The van der Waals surface area contributed by atoms with Crippen LogP contribution in [-0.2, 0) is 0 Å². The van der Waals surface area contributed by atoms with Gasteiger partial charge in [0.1, 0.15) is 11.6 Å². The number of hydrogen-bond acceptors (Lipinski definition) is 6. The summed E-state index contributed by atoms with van der Waals surface area (Å²) in [6.07, 6.45) is 3.33. The average molecular weight is 329 g/mol. The number of hydrogen-bond donors (Lipinski definition) is 2. The number of ether oxygens (including phenoxy) is 1. The number of nitrogens with zero attached hydrogens (tertiary/aromatic N) is 3. The van der Waals surface area contributed by atoms with Gasteiger partial charge in [-0.2, -0.15) is 4.98 Å². The fraction of sp³-hybridized carbons (Fsp3) is 0. The Morgan fingerprint density at radius 1 is 0.800 bits per heavy atom. The molecule has 4 rings (SSSR count). The summed E-state index contributed by atoms with van der Waals surface area (Å²) in [6.45, 7) is 0. The van der Waals surface area contributed by atoms with E-state index in [1.807, 2.05) is 54.6 Å². The molecule has 0 saturated heterocycles. The van der Waals surface area contributed by atoms with E-state index in [-0.39, 0.29) is 0 Å². The summed E-state index contributed by atoms with van der Waals surface area (Å²) < 4.78 is 5.96. The molecule has 0 aliphatic rings. The Bertz CT molecular complexity index is 1020. The standard InChI is InChI=1S/C19H15N5O/c20-15-8-9-16(14-6-2-1-5-13(14)15)25-18-10-12-22-19(24-18)23-17-7-3-4-11-21-17/h1-12H,20H2,(H,21,22,23,24). The van der Waals surface area contributed by atoms with Crippen LogP contribution in [0.4, 0.5) is 17.5 Å². The quantitative estimate of drug-likeness (QED) is 0.547. The van der Waals surface area contributed by atoms with Crippen LogP contribution < -0.4 is 15.8 Å². The number of nitrogens with two attached hydrogens (primary N) is 1. The molecule has 122 valence electrons. The number of rotatable bonds is 4. The van der Waals surface area contributed by atoms with Crippen molar-refractivity contribution in [3.8, 4) is 11.6 Å². The number of nitrogens with one attached hydrogen (secondary N) is 1. The van der Waals surface area contributed by atoms with E-state index < -0.39 is 0 Å². The summed E-state index contributed by atoms with van der Waals surface area (Å²) in [5, 5.41) is 4.92. The van der Waals surface area contributed by atoms with Gasteiger partial charge in [0, 0.05) is 34.9 Å². The molecule has 0 aliphatic carbocycles. The lowest BCUT2D eigenvalue weighted by Crippen LogP contribution is -1.99. The predicted molar refractivity (Wildman–Crippen MR) is 98.0 cm³/mol. The fourth-order valence-electron chi connectivity index (χ4n) is 2.51. The van der Waals surface area contributed by atoms with E-state index in [1.54, 1.807) is 18.5 Å². The molecule has 0 fully saturated rings. The highest BCUT2D eigenvalue weighted by molar-refractivity contribution is 5.97. The van der Waals surface area contributed by atoms with Crippen molar-refractivity contribution in [3.63, 3.8) is 0 Å². The van der Waals surface area contributed by atoms with E-state index in [0.29, 0.717) is 29.1 Å². The topological polar surface area (TPSA) is 86.0 Å². The van der Waals surface area contributed by atoms with Crippen LogP contribution in [-0.4, -0.2) is 15.0 Å². The van der Waals surface area contributed by atoms with Crippen molar-refractivity contribution in [2.24, 2.45) is 0 Å². The Morgan fingerprint density at radius 2 is 1.64 bits per heavy atom. The van der Waals surface area contributed by atoms with Gasteiger partial charge >= 0.3 is 0 Å². The van der Waals surface area contributed by atoms with Crippen LogP contribution in [0.2, 0.25) is 0 Å². The minimum atomic E-state index is 0.413. The lowest BCUT2D eigenvalue weighted by molar-refractivity contribution is 0.468. The molecule has 2 heterocycles. The highest BCUT2D eigenvalue weighted by Gasteiger charge is 2.08. The van der Waals surface area contributed by atoms with Crippen LogP contribution in [0.3, 0.4) is 0 Å². The Labute approximate surface area is 144 Å². The number of nitrogen functional groups attached to an aromatic ring is 1. The normalized spacial score (nSPS) is 10.6. The summed E-state index contributed by atoms with van der Waals surface area (Å²) in [6, 6.07) is 18.8. The first-order valence-electron chi connectivity index (χ1n) is 7.76. The van der Waals surface area contributed by atoms with E-state index in [2.05, 4.69) is 20.3 Å². The van der Waals surface area contributed by atoms with Crippen molar-refractivity contribution in [1.82, 2.24) is 15.0 Å². The lowest BCUT2D eigenvalue weighted by Gasteiger charge is -2.10. The van der Waals surface area contributed by atoms with Crippen molar-refractivity contribution < 1.29 is 4.74 Å². The van der Waals surface area contributed by atoms with Crippen molar-refractivity contribution >= 4 is 28.2 Å². The molecule has 2 aromatic heterocycles. The zero-order chi connectivity index (χ0) is 17.1. The first-order valence-corrected chi connectivity index (χ1v) is 7.76. The third-order valence-corrected chi connectivity index (χ3v) is 3.67. The molecule has 0 spiro atoms. The SMILES string of the molecule is Nc1ccc(Oc2ccnc(Nc3ccccn3)n2)c2ccccc12. The summed E-state index contributed by atoms with van der Waals surface area (Å²) in [4.78, 5) is 12.8. The van der Waals surface area contributed by atoms with Gasteiger partial charge in [0.25, 0.3) is 0 Å². The second-order valence-corrected chi connectivity index (χ2v) is 5.36. The molecule has 3 N–H and O–H groups in total. The maximum Gasteiger partial charge on any atom is 0.231 e. The van der Waals surface area contributed by atoms with E-state index in [0.717, 1.165) is 10.8 Å². The number of aromatic nitrogens is 3. The summed E-state index contributed by atoms with van der Waals surface area (Å²) in [5.74, 6) is 2.20. The van der Waals surface area contributed by atoms with Crippen molar-refractivity contribution in [2.75, 3.05) is 11.1 Å². The molecule has 25 heavy (non-hydrogen) atoms. The Hall–Kier alpha value is -3.67. The average Bonchev–Trinajstić information content (AvgIpc) is 2.65. The van der Waals surface area contributed by atoms with Gasteiger partial charge in [-0.05, 0) is 24.3 Å². The van der Waals surface area contributed by atoms with Crippen molar-refractivity contribution in [2.45, 2.75) is 0 Å². The van der Waals surface area contributed by atoms with Gasteiger partial charge in [0.15, 0.2) is 0 Å². The van der Waals surface area contributed by atoms with Crippen molar-refractivity contribution in [3.05, 3.63) is 73.1 Å². The van der Waals surface area contributed by atoms with E-state index >= 15 is 0 Å². The number of benzene rings is 2. The monoisotopic (exact) mass is 329 g/mol. The van der Waals surface area contributed by atoms with Crippen LogP contribution >= 0.6 is 0 Å². The molecule has 0 radical (unpaired) electrons. The number of fused-ring (bicyclic) bond motifs is 1. The molecule has 0 bridgehead atoms. The van der Waals surface area contributed by atoms with Gasteiger partial charge in [0.05, 0.1) is 0 Å². The zero-order valence-electron chi connectivity index (χ0n) is 13.3. The first kappa shape index (κ1) is 14.9. The molecular weight excluding hydrogens is 314 g/mol. The van der Waals surface area contributed by atoms with Crippen LogP contribution in [0.5, 0.6) is 11.6 Å². The van der Waals surface area contributed by atoms with Crippen LogP contribution in [0.25, 0.3) is 10.8 Å². The second-order valence-electron chi connectivity index (χ2n) is 5.36. The summed E-state index contributed by atoms with van der Waals surface area (Å²) in [5.41, 5.74) is 6.74. The molecule has 6 nitrogen and oxygen atoms in total. The smallest absolute Gasteiger partial charge is 0.231 e. The maximum atomic E-state index is 6.03.